The number of amides is 4. The lowest BCUT2D eigenvalue weighted by molar-refractivity contribution is 0.261. The van der Waals surface area contributed by atoms with Gasteiger partial charge in [-0.05, 0) is 48.5 Å². The Bertz CT molecular complexity index is 1880. The van der Waals surface area contributed by atoms with Crippen molar-refractivity contribution in [1.29, 1.82) is 0 Å². The van der Waals surface area contributed by atoms with Gasteiger partial charge in [0.2, 0.25) is 0 Å². The highest BCUT2D eigenvalue weighted by atomic mass is 32.2. The average Bonchev–Trinajstić information content (AvgIpc) is 2.99. The van der Waals surface area contributed by atoms with Crippen LogP contribution in [0.25, 0.3) is 10.8 Å². The molecule has 0 aliphatic rings. The van der Waals surface area contributed by atoms with Gasteiger partial charge >= 0.3 is 22.2 Å². The van der Waals surface area contributed by atoms with E-state index in [4.69, 9.17) is 4.18 Å². The predicted molar refractivity (Wildman–Crippen MR) is 171 cm³/mol. The third-order valence-electron chi connectivity index (χ3n) is 6.39. The molecule has 5 aromatic carbocycles. The summed E-state index contributed by atoms with van der Waals surface area (Å²) < 4.78 is 33.1. The third kappa shape index (κ3) is 6.85. The Labute approximate surface area is 249 Å². The summed E-state index contributed by atoms with van der Waals surface area (Å²) in [6.07, 6.45) is 0. The number of fused-ring (bicyclic) bond motifs is 1. The highest BCUT2D eigenvalue weighted by Gasteiger charge is 2.24. The molecule has 0 saturated carbocycles. The minimum absolute atomic E-state index is 0.0476. The summed E-state index contributed by atoms with van der Waals surface area (Å²) in [6.45, 7) is 0. The van der Waals surface area contributed by atoms with Gasteiger partial charge in [0.05, 0.1) is 5.69 Å². The second-order valence-electron chi connectivity index (χ2n) is 9.63. The van der Waals surface area contributed by atoms with Crippen LogP contribution in [0.5, 0.6) is 5.75 Å². The lowest BCUT2D eigenvalue weighted by Crippen LogP contribution is -2.24. The average molecular weight is 596 g/mol. The van der Waals surface area contributed by atoms with E-state index >= 15 is 0 Å². The maximum atomic E-state index is 13.7. The first kappa shape index (κ1) is 29.0. The van der Waals surface area contributed by atoms with Crippen molar-refractivity contribution >= 4 is 61.4 Å². The van der Waals surface area contributed by atoms with Crippen LogP contribution in [-0.2, 0) is 10.1 Å². The zero-order chi connectivity index (χ0) is 30.4. The smallest absolute Gasteiger partial charge is 0.339 e. The van der Waals surface area contributed by atoms with Crippen LogP contribution in [0.15, 0.2) is 120 Å². The van der Waals surface area contributed by atoms with E-state index in [-0.39, 0.29) is 22.0 Å². The molecular weight excluding hydrogens is 566 g/mol. The van der Waals surface area contributed by atoms with Gasteiger partial charge in [-0.2, -0.15) is 8.42 Å². The van der Waals surface area contributed by atoms with Crippen molar-refractivity contribution in [3.8, 4) is 5.75 Å². The van der Waals surface area contributed by atoms with Crippen molar-refractivity contribution in [2.24, 2.45) is 0 Å². The zero-order valence-electron chi connectivity index (χ0n) is 23.4. The Morgan fingerprint density at radius 1 is 0.605 bits per heavy atom. The molecule has 0 fully saturated rings. The van der Waals surface area contributed by atoms with Crippen LogP contribution >= 0.6 is 0 Å². The molecular formula is C32H29N5O5S. The van der Waals surface area contributed by atoms with Crippen molar-refractivity contribution in [2.45, 2.75) is 4.90 Å². The largest absolute Gasteiger partial charge is 0.377 e. The van der Waals surface area contributed by atoms with E-state index in [1.807, 2.05) is 37.2 Å². The van der Waals surface area contributed by atoms with E-state index in [9.17, 15) is 18.0 Å². The van der Waals surface area contributed by atoms with Crippen LogP contribution in [0.2, 0.25) is 0 Å². The van der Waals surface area contributed by atoms with Gasteiger partial charge in [-0.15, -0.1) is 0 Å². The molecule has 0 spiro atoms. The quantitative estimate of drug-likeness (QED) is 0.144. The SMILES string of the molecule is CN(C)c1cccc2c(S(=O)(=O)Oc3cccc(NC(=O)Nc4ccccc4)c3NC(=O)Nc3ccccc3)cccc12. The van der Waals surface area contributed by atoms with Gasteiger partial charge in [0.25, 0.3) is 0 Å². The molecule has 0 heterocycles. The summed E-state index contributed by atoms with van der Waals surface area (Å²) in [5, 5.41) is 11.9. The number of carbonyl (C=O) groups is 2. The highest BCUT2D eigenvalue weighted by molar-refractivity contribution is 7.87. The molecule has 0 saturated heterocycles. The molecule has 0 aromatic heterocycles. The Morgan fingerprint density at radius 2 is 1.16 bits per heavy atom. The van der Waals surface area contributed by atoms with E-state index in [0.717, 1.165) is 11.1 Å². The fourth-order valence-electron chi connectivity index (χ4n) is 4.47. The van der Waals surface area contributed by atoms with Gasteiger partial charge in [-0.3, -0.25) is 0 Å². The van der Waals surface area contributed by atoms with Crippen molar-refractivity contribution < 1.29 is 22.2 Å². The number of hydrogen-bond donors (Lipinski definition) is 4. The Hall–Kier alpha value is -5.55. The monoisotopic (exact) mass is 595 g/mol. The van der Waals surface area contributed by atoms with Crippen molar-refractivity contribution in [3.63, 3.8) is 0 Å². The molecule has 0 aliphatic heterocycles. The summed E-state index contributed by atoms with van der Waals surface area (Å²) in [7, 11) is -0.667. The van der Waals surface area contributed by atoms with Crippen molar-refractivity contribution in [3.05, 3.63) is 115 Å². The van der Waals surface area contributed by atoms with Crippen LogP contribution in [-0.4, -0.2) is 34.6 Å². The standard InChI is InChI=1S/C32H29N5O5S/c1-37(2)27-19-9-17-25-24(27)16-10-21-29(25)43(40,41)42-28-20-11-18-26(35-31(38)33-22-12-5-3-6-13-22)30(28)36-32(39)34-23-14-7-4-8-15-23/h3-21H,1-2H3,(H2,33,35,38)(H2,34,36,39). The minimum atomic E-state index is -4.41. The van der Waals surface area contributed by atoms with Crippen LogP contribution in [0.3, 0.4) is 0 Å². The summed E-state index contributed by atoms with van der Waals surface area (Å²) >= 11 is 0. The summed E-state index contributed by atoms with van der Waals surface area (Å²) in [5.41, 5.74) is 1.94. The maximum absolute atomic E-state index is 13.7. The lowest BCUT2D eigenvalue weighted by atomic mass is 10.1. The molecule has 0 aliphatic carbocycles. The number of para-hydroxylation sites is 3. The van der Waals surface area contributed by atoms with E-state index in [1.54, 1.807) is 72.8 Å². The minimum Gasteiger partial charge on any atom is -0.377 e. The Morgan fingerprint density at radius 3 is 1.79 bits per heavy atom. The summed E-state index contributed by atoms with van der Waals surface area (Å²) in [5.74, 6) is -0.193. The van der Waals surface area contributed by atoms with Crippen LogP contribution in [0.4, 0.5) is 38.0 Å². The van der Waals surface area contributed by atoms with E-state index < -0.39 is 22.2 Å². The van der Waals surface area contributed by atoms with Gasteiger partial charge in [0.1, 0.15) is 10.6 Å². The fourth-order valence-corrected chi connectivity index (χ4v) is 5.63. The van der Waals surface area contributed by atoms with Crippen LogP contribution < -0.4 is 30.4 Å². The molecule has 0 radical (unpaired) electrons. The predicted octanol–water partition coefficient (Wildman–Crippen LogP) is 6.96. The van der Waals surface area contributed by atoms with Crippen LogP contribution in [0.1, 0.15) is 0 Å². The molecule has 5 rings (SSSR count). The number of rotatable bonds is 8. The highest BCUT2D eigenvalue weighted by Crippen LogP contribution is 2.37. The molecule has 10 nitrogen and oxygen atoms in total. The fraction of sp³-hybridized carbons (Fsp3) is 0.0625. The molecule has 4 N–H and O–H groups in total. The van der Waals surface area contributed by atoms with Gasteiger partial charge in [-0.25, -0.2) is 9.59 Å². The second-order valence-corrected chi connectivity index (χ2v) is 11.1. The molecule has 4 amide bonds. The topological polar surface area (TPSA) is 129 Å². The van der Waals surface area contributed by atoms with Gasteiger partial charge < -0.3 is 30.4 Å². The molecule has 0 atom stereocenters. The van der Waals surface area contributed by atoms with E-state index in [1.165, 1.54) is 24.3 Å². The maximum Gasteiger partial charge on any atom is 0.339 e. The van der Waals surface area contributed by atoms with Crippen molar-refractivity contribution in [1.82, 2.24) is 0 Å². The summed E-state index contributed by atoms with van der Waals surface area (Å²) in [6, 6.07) is 30.9. The van der Waals surface area contributed by atoms with Gasteiger partial charge in [0, 0.05) is 41.9 Å². The lowest BCUT2D eigenvalue weighted by Gasteiger charge is -2.19. The van der Waals surface area contributed by atoms with Gasteiger partial charge in [-0.1, -0.05) is 66.7 Å². The summed E-state index contributed by atoms with van der Waals surface area (Å²) in [4.78, 5) is 27.7. The van der Waals surface area contributed by atoms with E-state index in [0.29, 0.717) is 16.8 Å². The second kappa shape index (κ2) is 12.5. The first-order valence-corrected chi connectivity index (χ1v) is 14.6. The molecule has 11 heteroatoms. The van der Waals surface area contributed by atoms with Crippen molar-refractivity contribution in [2.75, 3.05) is 40.3 Å². The molecule has 218 valence electrons. The molecule has 43 heavy (non-hydrogen) atoms. The number of nitrogens with zero attached hydrogens (tertiary/aromatic N) is 1. The van der Waals surface area contributed by atoms with Gasteiger partial charge in [0.15, 0.2) is 5.75 Å². The Kier molecular flexibility index (Phi) is 8.44. The molecule has 0 bridgehead atoms. The number of urea groups is 2. The molecule has 5 aromatic rings. The molecule has 0 unspecified atom stereocenters. The van der Waals surface area contributed by atoms with E-state index in [2.05, 4.69) is 21.3 Å². The first-order chi connectivity index (χ1) is 20.7. The zero-order valence-corrected chi connectivity index (χ0v) is 24.2. The van der Waals surface area contributed by atoms with Crippen LogP contribution in [0, 0.1) is 0 Å². The first-order valence-electron chi connectivity index (χ1n) is 13.2. The number of nitrogens with one attached hydrogen (secondary N) is 4. The number of hydrogen-bond acceptors (Lipinski definition) is 6. The third-order valence-corrected chi connectivity index (χ3v) is 7.68. The number of benzene rings is 5. The number of anilines is 5. The number of carbonyl (C=O) groups excluding carboxylic acids is 2. The Balaban J connectivity index is 1.50. The normalized spacial score (nSPS) is 10.9.